The molecule has 0 spiro atoms. The summed E-state index contributed by atoms with van der Waals surface area (Å²) in [5.41, 5.74) is -0.283. The number of piperazine rings is 1. The van der Waals surface area contributed by atoms with Crippen molar-refractivity contribution in [2.75, 3.05) is 18.0 Å². The number of halogens is 4. The molecule has 1 N–H and O–H groups in total. The molecule has 3 heterocycles. The van der Waals surface area contributed by atoms with E-state index in [2.05, 4.69) is 51.6 Å². The molecule has 2 atom stereocenters. The van der Waals surface area contributed by atoms with E-state index in [0.29, 0.717) is 44.3 Å². The molecule has 1 aromatic carbocycles. The maximum atomic E-state index is 12.1. The smallest absolute Gasteiger partial charge is 0.408 e. The minimum atomic E-state index is -0.873. The van der Waals surface area contributed by atoms with Gasteiger partial charge in [0.25, 0.3) is 0 Å². The number of amides is 1. The summed E-state index contributed by atoms with van der Waals surface area (Å²) in [6.07, 6.45) is 0.736. The summed E-state index contributed by atoms with van der Waals surface area (Å²) < 4.78 is 0.552. The fraction of sp³-hybridized carbons (Fsp3) is 0.526. The van der Waals surface area contributed by atoms with E-state index in [1.807, 2.05) is 0 Å². The summed E-state index contributed by atoms with van der Waals surface area (Å²) in [6.45, 7) is 7.30. The zero-order valence-electron chi connectivity index (χ0n) is 16.1. The molecule has 0 radical (unpaired) electrons. The van der Waals surface area contributed by atoms with Gasteiger partial charge in [-0.1, -0.05) is 44.0 Å². The van der Waals surface area contributed by atoms with Crippen molar-refractivity contribution in [1.82, 2.24) is 14.9 Å². The van der Waals surface area contributed by atoms with Gasteiger partial charge in [-0.25, -0.2) is 9.78 Å². The standard InChI is InChI=1S/C19H20BrCl3N4O2/c1-18(2,3)19-5-4-9(27(19)17(28)29)7-26(8-19)15-10-6-11(21)12(20)13(22)14(10)24-16(23)25-15/h6,9H,4-5,7-8H2,1-3H3,(H,28,29). The fourth-order valence-electron chi connectivity index (χ4n) is 4.81. The molecule has 0 saturated carbocycles. The molecule has 2 aliphatic heterocycles. The van der Waals surface area contributed by atoms with E-state index >= 15 is 0 Å². The highest BCUT2D eigenvalue weighted by Gasteiger charge is 2.59. The number of hydrogen-bond donors (Lipinski definition) is 1. The zero-order chi connectivity index (χ0) is 21.3. The summed E-state index contributed by atoms with van der Waals surface area (Å²) >= 11 is 22.4. The number of carboxylic acid groups (broad SMARTS) is 1. The van der Waals surface area contributed by atoms with Gasteiger partial charge in [-0.15, -0.1) is 0 Å². The topological polar surface area (TPSA) is 69.6 Å². The maximum absolute atomic E-state index is 12.1. The monoisotopic (exact) mass is 520 g/mol. The van der Waals surface area contributed by atoms with Gasteiger partial charge in [-0.3, -0.25) is 4.90 Å². The number of anilines is 1. The van der Waals surface area contributed by atoms with Crippen LogP contribution in [0.3, 0.4) is 0 Å². The highest BCUT2D eigenvalue weighted by Crippen LogP contribution is 2.51. The second-order valence-electron chi connectivity index (χ2n) is 8.71. The number of rotatable bonds is 1. The van der Waals surface area contributed by atoms with Crippen LogP contribution in [0.25, 0.3) is 10.9 Å². The molecule has 4 rings (SSSR count). The molecule has 6 nitrogen and oxygen atoms in total. The van der Waals surface area contributed by atoms with Crippen LogP contribution in [0.15, 0.2) is 10.5 Å². The van der Waals surface area contributed by atoms with Crippen LogP contribution < -0.4 is 4.90 Å². The van der Waals surface area contributed by atoms with Gasteiger partial charge in [0.15, 0.2) is 0 Å². The van der Waals surface area contributed by atoms with E-state index in [1.165, 1.54) is 0 Å². The van der Waals surface area contributed by atoms with Crippen LogP contribution in [0.5, 0.6) is 0 Å². The highest BCUT2D eigenvalue weighted by atomic mass is 79.9. The van der Waals surface area contributed by atoms with E-state index in [-0.39, 0.29) is 16.7 Å². The number of fused-ring (bicyclic) bond motifs is 3. The number of carbonyl (C=O) groups is 1. The summed E-state index contributed by atoms with van der Waals surface area (Å²) in [6, 6.07) is 1.65. The summed E-state index contributed by atoms with van der Waals surface area (Å²) in [4.78, 5) is 24.7. The Morgan fingerprint density at radius 1 is 1.31 bits per heavy atom. The molecule has 2 saturated heterocycles. The predicted octanol–water partition coefficient (Wildman–Crippen LogP) is 6.10. The lowest BCUT2D eigenvalue weighted by Gasteiger charge is -2.54. The molecule has 29 heavy (non-hydrogen) atoms. The predicted molar refractivity (Wildman–Crippen MR) is 120 cm³/mol. The van der Waals surface area contributed by atoms with E-state index in [0.717, 1.165) is 12.8 Å². The summed E-state index contributed by atoms with van der Waals surface area (Å²) in [5, 5.41) is 11.5. The molecule has 2 bridgehead atoms. The first-order chi connectivity index (χ1) is 13.5. The van der Waals surface area contributed by atoms with Crippen molar-refractivity contribution in [3.05, 3.63) is 25.9 Å². The molecular weight excluding hydrogens is 502 g/mol. The minimum Gasteiger partial charge on any atom is -0.465 e. The van der Waals surface area contributed by atoms with E-state index in [1.54, 1.807) is 11.0 Å². The quantitative estimate of drug-likeness (QED) is 0.362. The highest BCUT2D eigenvalue weighted by molar-refractivity contribution is 9.10. The molecule has 156 valence electrons. The molecule has 2 fully saturated rings. The third kappa shape index (κ3) is 3.16. The molecule has 1 amide bonds. The van der Waals surface area contributed by atoms with E-state index < -0.39 is 11.6 Å². The Bertz CT molecular complexity index is 1030. The van der Waals surface area contributed by atoms with Crippen molar-refractivity contribution >= 4 is 73.5 Å². The van der Waals surface area contributed by atoms with Crippen molar-refractivity contribution < 1.29 is 9.90 Å². The molecule has 2 aliphatic rings. The largest absolute Gasteiger partial charge is 0.465 e. The van der Waals surface area contributed by atoms with Crippen molar-refractivity contribution in [2.45, 2.75) is 45.2 Å². The molecule has 2 unspecified atom stereocenters. The van der Waals surface area contributed by atoms with Crippen LogP contribution >= 0.6 is 50.7 Å². The second kappa shape index (κ2) is 7.01. The van der Waals surface area contributed by atoms with Gasteiger partial charge in [0.2, 0.25) is 5.28 Å². The van der Waals surface area contributed by atoms with Crippen molar-refractivity contribution in [3.63, 3.8) is 0 Å². The van der Waals surface area contributed by atoms with Crippen molar-refractivity contribution in [2.24, 2.45) is 5.41 Å². The van der Waals surface area contributed by atoms with Gasteiger partial charge in [0.1, 0.15) is 5.82 Å². The van der Waals surface area contributed by atoms with Crippen LogP contribution in [0.2, 0.25) is 15.3 Å². The lowest BCUT2D eigenvalue weighted by atomic mass is 9.71. The first-order valence-corrected chi connectivity index (χ1v) is 11.2. The van der Waals surface area contributed by atoms with Gasteiger partial charge < -0.3 is 10.0 Å². The SMILES string of the molecule is CC(C)(C)C12CCC(CN(c3nc(Cl)nc4c(Cl)c(Br)c(Cl)cc34)C1)N2C(=O)O. The van der Waals surface area contributed by atoms with Gasteiger partial charge in [0.05, 0.1) is 31.6 Å². The lowest BCUT2D eigenvalue weighted by Crippen LogP contribution is -2.68. The number of hydrogen-bond acceptors (Lipinski definition) is 4. The van der Waals surface area contributed by atoms with Crippen LogP contribution in [0, 0.1) is 5.41 Å². The Morgan fingerprint density at radius 3 is 2.62 bits per heavy atom. The molecule has 0 aliphatic carbocycles. The Kier molecular flexibility index (Phi) is 5.13. The van der Waals surface area contributed by atoms with Gasteiger partial charge in [0, 0.05) is 18.5 Å². The van der Waals surface area contributed by atoms with Gasteiger partial charge in [-0.05, 0) is 51.9 Å². The second-order valence-corrected chi connectivity index (χ2v) is 10.6. The third-order valence-electron chi connectivity index (χ3n) is 6.28. The van der Waals surface area contributed by atoms with Crippen molar-refractivity contribution in [3.8, 4) is 0 Å². The lowest BCUT2D eigenvalue weighted by molar-refractivity contribution is 0.00532. The van der Waals surface area contributed by atoms with Crippen molar-refractivity contribution in [1.29, 1.82) is 0 Å². The minimum absolute atomic E-state index is 0.0847. The van der Waals surface area contributed by atoms with Crippen LogP contribution in [-0.2, 0) is 0 Å². The third-order valence-corrected chi connectivity index (χ3v) is 8.40. The zero-order valence-corrected chi connectivity index (χ0v) is 20.0. The Hall–Kier alpha value is -1.02. The maximum Gasteiger partial charge on any atom is 0.408 e. The molecule has 10 heteroatoms. The normalized spacial score (nSPS) is 24.4. The van der Waals surface area contributed by atoms with Crippen LogP contribution in [0.1, 0.15) is 33.6 Å². The summed E-state index contributed by atoms with van der Waals surface area (Å²) in [5.74, 6) is 0.627. The van der Waals surface area contributed by atoms with Gasteiger partial charge >= 0.3 is 6.09 Å². The Balaban J connectivity index is 1.89. The average molecular weight is 523 g/mol. The van der Waals surface area contributed by atoms with E-state index in [9.17, 15) is 9.90 Å². The Morgan fingerprint density at radius 2 is 2.00 bits per heavy atom. The Labute approximate surface area is 192 Å². The fourth-order valence-corrected chi connectivity index (χ4v) is 5.78. The molecule has 2 aromatic rings. The molecule has 1 aromatic heterocycles. The number of benzene rings is 1. The van der Waals surface area contributed by atoms with Crippen LogP contribution in [0.4, 0.5) is 10.6 Å². The molecular formula is C19H20BrCl3N4O2. The summed E-state index contributed by atoms with van der Waals surface area (Å²) in [7, 11) is 0. The van der Waals surface area contributed by atoms with Crippen LogP contribution in [-0.4, -0.2) is 50.7 Å². The first kappa shape index (κ1) is 21.2. The number of nitrogens with zero attached hydrogens (tertiary/aromatic N) is 4. The number of aromatic nitrogens is 2. The van der Waals surface area contributed by atoms with E-state index in [4.69, 9.17) is 34.8 Å². The first-order valence-electron chi connectivity index (χ1n) is 9.24. The average Bonchev–Trinajstić information content (AvgIpc) is 2.88. The van der Waals surface area contributed by atoms with Gasteiger partial charge in [-0.2, -0.15) is 4.98 Å².